The highest BCUT2D eigenvalue weighted by atomic mass is 32.2. The average molecular weight is 452 g/mol. The monoisotopic (exact) mass is 451 g/mol. The van der Waals surface area contributed by atoms with E-state index in [4.69, 9.17) is 4.74 Å². The molecule has 0 aliphatic heterocycles. The number of nitrogens with zero attached hydrogens (tertiary/aromatic N) is 2. The Morgan fingerprint density at radius 1 is 1.16 bits per heavy atom. The molecule has 1 amide bonds. The van der Waals surface area contributed by atoms with Gasteiger partial charge in [0.1, 0.15) is 0 Å². The number of thioether (sulfide) groups is 1. The van der Waals surface area contributed by atoms with Crippen molar-refractivity contribution >= 4 is 34.5 Å². The molecule has 1 aliphatic rings. The smallest absolute Gasteiger partial charge is 0.337 e. The molecule has 1 aliphatic carbocycles. The van der Waals surface area contributed by atoms with E-state index in [9.17, 15) is 14.4 Å². The van der Waals surface area contributed by atoms with Crippen LogP contribution in [0.25, 0.3) is 16.6 Å². The fourth-order valence-corrected chi connectivity index (χ4v) is 4.83. The van der Waals surface area contributed by atoms with E-state index in [1.165, 1.54) is 23.4 Å². The third kappa shape index (κ3) is 4.55. The maximum atomic E-state index is 13.4. The van der Waals surface area contributed by atoms with Crippen molar-refractivity contribution in [1.29, 1.82) is 0 Å². The molecule has 1 heterocycles. The van der Waals surface area contributed by atoms with E-state index in [1.807, 2.05) is 37.3 Å². The van der Waals surface area contributed by atoms with E-state index in [-0.39, 0.29) is 17.5 Å². The molecule has 166 valence electrons. The molecule has 1 N–H and O–H groups in total. The highest BCUT2D eigenvalue weighted by Crippen LogP contribution is 2.26. The standard InChI is InChI=1S/C24H25N3O4S/c1-15(21(28)25-17-8-6-7-9-17)32-24-26-20-14-16(23(30)31-2)12-13-19(20)22(29)27(24)18-10-4-3-5-11-18/h3-5,10-15,17H,6-9H2,1-2H3,(H,25,28). The molecule has 1 unspecified atom stereocenters. The molecule has 1 saturated carbocycles. The lowest BCUT2D eigenvalue weighted by molar-refractivity contribution is -0.120. The zero-order chi connectivity index (χ0) is 22.7. The van der Waals surface area contributed by atoms with E-state index in [0.717, 1.165) is 25.7 Å². The second kappa shape index (κ2) is 9.56. The lowest BCUT2D eigenvalue weighted by atomic mass is 10.1. The van der Waals surface area contributed by atoms with Gasteiger partial charge < -0.3 is 10.1 Å². The van der Waals surface area contributed by atoms with Gasteiger partial charge in [0.15, 0.2) is 5.16 Å². The number of carbonyl (C=O) groups excluding carboxylic acids is 2. The first-order valence-corrected chi connectivity index (χ1v) is 11.5. The van der Waals surface area contributed by atoms with Crippen LogP contribution in [0.1, 0.15) is 43.0 Å². The van der Waals surface area contributed by atoms with Gasteiger partial charge in [-0.15, -0.1) is 0 Å². The molecule has 2 aromatic carbocycles. The number of rotatable bonds is 6. The fraction of sp³-hybridized carbons (Fsp3) is 0.333. The Labute approximate surface area is 190 Å². The molecule has 3 aromatic rings. The second-order valence-electron chi connectivity index (χ2n) is 7.84. The van der Waals surface area contributed by atoms with E-state index in [0.29, 0.717) is 27.3 Å². The summed E-state index contributed by atoms with van der Waals surface area (Å²) in [5.74, 6) is -0.571. The summed E-state index contributed by atoms with van der Waals surface area (Å²) in [5.41, 5.74) is 1.10. The number of nitrogens with one attached hydrogen (secondary N) is 1. The minimum Gasteiger partial charge on any atom is -0.465 e. The molecule has 8 heteroatoms. The van der Waals surface area contributed by atoms with Gasteiger partial charge in [0.2, 0.25) is 5.91 Å². The van der Waals surface area contributed by atoms with Crippen molar-refractivity contribution in [2.45, 2.75) is 49.1 Å². The van der Waals surface area contributed by atoms with Gasteiger partial charge in [-0.1, -0.05) is 42.8 Å². The number of carbonyl (C=O) groups is 2. The SMILES string of the molecule is COC(=O)c1ccc2c(=O)n(-c3ccccc3)c(SC(C)C(=O)NC3CCCC3)nc2c1. The zero-order valence-corrected chi connectivity index (χ0v) is 18.9. The van der Waals surface area contributed by atoms with Crippen LogP contribution in [0.15, 0.2) is 58.5 Å². The maximum absolute atomic E-state index is 13.4. The van der Waals surface area contributed by atoms with Crippen molar-refractivity contribution in [3.05, 3.63) is 64.4 Å². The average Bonchev–Trinajstić information content (AvgIpc) is 3.32. The van der Waals surface area contributed by atoms with Crippen LogP contribution in [0.5, 0.6) is 0 Å². The third-order valence-corrected chi connectivity index (χ3v) is 6.68. The van der Waals surface area contributed by atoms with Gasteiger partial charge in [-0.2, -0.15) is 0 Å². The summed E-state index contributed by atoms with van der Waals surface area (Å²) in [5, 5.41) is 3.44. The molecule has 1 aromatic heterocycles. The van der Waals surface area contributed by atoms with E-state index in [2.05, 4.69) is 10.3 Å². The molecule has 32 heavy (non-hydrogen) atoms. The summed E-state index contributed by atoms with van der Waals surface area (Å²) >= 11 is 1.23. The normalized spacial score (nSPS) is 14.9. The lowest BCUT2D eigenvalue weighted by Gasteiger charge is -2.18. The summed E-state index contributed by atoms with van der Waals surface area (Å²) in [6.45, 7) is 1.81. The van der Waals surface area contributed by atoms with E-state index in [1.54, 1.807) is 18.2 Å². The van der Waals surface area contributed by atoms with Gasteiger partial charge in [0, 0.05) is 6.04 Å². The van der Waals surface area contributed by atoms with Gasteiger partial charge >= 0.3 is 5.97 Å². The Bertz CT molecular complexity index is 1200. The molecular formula is C24H25N3O4S. The fourth-order valence-electron chi connectivity index (χ4n) is 3.89. The zero-order valence-electron chi connectivity index (χ0n) is 18.0. The number of hydrogen-bond acceptors (Lipinski definition) is 6. The largest absolute Gasteiger partial charge is 0.465 e. The van der Waals surface area contributed by atoms with Crippen LogP contribution in [0.3, 0.4) is 0 Å². The summed E-state index contributed by atoms with van der Waals surface area (Å²) in [4.78, 5) is 42.8. The Morgan fingerprint density at radius 2 is 1.88 bits per heavy atom. The first-order valence-electron chi connectivity index (χ1n) is 10.7. The molecule has 0 bridgehead atoms. The number of esters is 1. The summed E-state index contributed by atoms with van der Waals surface area (Å²) in [6.07, 6.45) is 4.27. The number of benzene rings is 2. The van der Waals surface area contributed by atoms with E-state index < -0.39 is 11.2 Å². The van der Waals surface area contributed by atoms with Gasteiger partial charge in [-0.05, 0) is 50.1 Å². The Morgan fingerprint density at radius 3 is 2.56 bits per heavy atom. The number of hydrogen-bond donors (Lipinski definition) is 1. The first-order chi connectivity index (χ1) is 15.5. The number of methoxy groups -OCH3 is 1. The second-order valence-corrected chi connectivity index (χ2v) is 9.15. The van der Waals surface area contributed by atoms with Crippen LogP contribution >= 0.6 is 11.8 Å². The highest BCUT2D eigenvalue weighted by molar-refractivity contribution is 8.00. The summed E-state index contributed by atoms with van der Waals surface area (Å²) in [6, 6.07) is 14.1. The lowest BCUT2D eigenvalue weighted by Crippen LogP contribution is -2.38. The number of ether oxygens (including phenoxy) is 1. The number of fused-ring (bicyclic) bond motifs is 1. The third-order valence-electron chi connectivity index (χ3n) is 5.63. The van der Waals surface area contributed by atoms with Crippen LogP contribution in [0.2, 0.25) is 0 Å². The molecular weight excluding hydrogens is 426 g/mol. The predicted molar refractivity (Wildman–Crippen MR) is 124 cm³/mol. The highest BCUT2D eigenvalue weighted by Gasteiger charge is 2.24. The summed E-state index contributed by atoms with van der Waals surface area (Å²) in [7, 11) is 1.30. The minimum absolute atomic E-state index is 0.0702. The predicted octanol–water partition coefficient (Wildman–Crippen LogP) is 3.71. The molecule has 0 spiro atoms. The number of para-hydroxylation sites is 1. The summed E-state index contributed by atoms with van der Waals surface area (Å²) < 4.78 is 6.31. The quantitative estimate of drug-likeness (QED) is 0.349. The van der Waals surface area contributed by atoms with Crippen LogP contribution in [-0.4, -0.2) is 39.8 Å². The molecule has 0 saturated heterocycles. The van der Waals surface area contributed by atoms with Crippen LogP contribution < -0.4 is 10.9 Å². The Hall–Kier alpha value is -3.13. The molecule has 4 rings (SSSR count). The van der Waals surface area contributed by atoms with Crippen LogP contribution in [0, 0.1) is 0 Å². The van der Waals surface area contributed by atoms with Crippen LogP contribution in [-0.2, 0) is 9.53 Å². The maximum Gasteiger partial charge on any atom is 0.337 e. The number of aromatic nitrogens is 2. The Kier molecular flexibility index (Phi) is 6.60. The van der Waals surface area contributed by atoms with Gasteiger partial charge in [-0.25, -0.2) is 9.78 Å². The molecule has 7 nitrogen and oxygen atoms in total. The molecule has 1 atom stereocenters. The van der Waals surface area contributed by atoms with Crippen molar-refractivity contribution in [3.8, 4) is 5.69 Å². The molecule has 1 fully saturated rings. The minimum atomic E-state index is -0.501. The van der Waals surface area contributed by atoms with E-state index >= 15 is 0 Å². The van der Waals surface area contributed by atoms with Crippen molar-refractivity contribution in [2.75, 3.05) is 7.11 Å². The van der Waals surface area contributed by atoms with Crippen molar-refractivity contribution < 1.29 is 14.3 Å². The van der Waals surface area contributed by atoms with Gasteiger partial charge in [-0.3, -0.25) is 14.2 Å². The molecule has 0 radical (unpaired) electrons. The van der Waals surface area contributed by atoms with Gasteiger partial charge in [0.05, 0.1) is 34.5 Å². The topological polar surface area (TPSA) is 90.3 Å². The number of amides is 1. The Balaban J connectivity index is 1.76. The van der Waals surface area contributed by atoms with Crippen LogP contribution in [0.4, 0.5) is 0 Å². The van der Waals surface area contributed by atoms with Gasteiger partial charge in [0.25, 0.3) is 5.56 Å². The first kappa shape index (κ1) is 22.1. The van der Waals surface area contributed by atoms with Crippen molar-refractivity contribution in [3.63, 3.8) is 0 Å². The van der Waals surface area contributed by atoms with Crippen molar-refractivity contribution in [1.82, 2.24) is 14.9 Å². The van der Waals surface area contributed by atoms with Crippen molar-refractivity contribution in [2.24, 2.45) is 0 Å².